The van der Waals surface area contributed by atoms with Crippen LogP contribution in [0.3, 0.4) is 0 Å². The molecule has 110 valence electrons. The van der Waals surface area contributed by atoms with Gasteiger partial charge in [0.05, 0.1) is 16.6 Å². The number of benzene rings is 2. The lowest BCUT2D eigenvalue weighted by atomic mass is 9.99. The standard InChI is InChI=1S/C16H14BrF2NO/c17-14-12(7-8-13(18)15(14)19)16(20)9-1-3-10(4-2-9)21-11-5-6-11/h1-4,7-8,11,16H,5-6,20H2. The van der Waals surface area contributed by atoms with E-state index in [2.05, 4.69) is 15.9 Å². The van der Waals surface area contributed by atoms with Crippen LogP contribution in [0.2, 0.25) is 0 Å². The monoisotopic (exact) mass is 353 g/mol. The van der Waals surface area contributed by atoms with Gasteiger partial charge in [-0.15, -0.1) is 0 Å². The third kappa shape index (κ3) is 3.09. The fourth-order valence-electron chi connectivity index (χ4n) is 2.09. The van der Waals surface area contributed by atoms with Gasteiger partial charge in [0.1, 0.15) is 5.75 Å². The SMILES string of the molecule is NC(c1ccc(OC2CC2)cc1)c1ccc(F)c(F)c1Br. The van der Waals surface area contributed by atoms with Crippen molar-refractivity contribution in [3.05, 3.63) is 63.6 Å². The highest BCUT2D eigenvalue weighted by Crippen LogP contribution is 2.32. The van der Waals surface area contributed by atoms with E-state index in [4.69, 9.17) is 10.5 Å². The Kier molecular flexibility index (Phi) is 3.95. The van der Waals surface area contributed by atoms with E-state index in [1.54, 1.807) is 0 Å². The quantitative estimate of drug-likeness (QED) is 0.831. The molecule has 2 aromatic rings. The van der Waals surface area contributed by atoms with Crippen molar-refractivity contribution in [2.75, 3.05) is 0 Å². The third-order valence-electron chi connectivity index (χ3n) is 3.47. The van der Waals surface area contributed by atoms with E-state index in [9.17, 15) is 8.78 Å². The topological polar surface area (TPSA) is 35.2 Å². The van der Waals surface area contributed by atoms with Crippen LogP contribution in [0.4, 0.5) is 8.78 Å². The van der Waals surface area contributed by atoms with Gasteiger partial charge in [-0.1, -0.05) is 18.2 Å². The summed E-state index contributed by atoms with van der Waals surface area (Å²) in [5.74, 6) is -1.01. The van der Waals surface area contributed by atoms with Gasteiger partial charge < -0.3 is 10.5 Å². The second-order valence-corrected chi connectivity index (χ2v) is 5.92. The average Bonchev–Trinajstić information content (AvgIpc) is 3.29. The minimum atomic E-state index is -0.920. The molecule has 1 saturated carbocycles. The number of halogens is 3. The van der Waals surface area contributed by atoms with Crippen LogP contribution in [-0.2, 0) is 0 Å². The Bertz CT molecular complexity index is 656. The summed E-state index contributed by atoms with van der Waals surface area (Å²) >= 11 is 3.06. The highest BCUT2D eigenvalue weighted by Gasteiger charge is 2.23. The summed E-state index contributed by atoms with van der Waals surface area (Å²) in [6, 6.07) is 9.42. The van der Waals surface area contributed by atoms with Gasteiger partial charge in [0.25, 0.3) is 0 Å². The minimum Gasteiger partial charge on any atom is -0.490 e. The van der Waals surface area contributed by atoms with E-state index >= 15 is 0 Å². The van der Waals surface area contributed by atoms with Crippen molar-refractivity contribution in [1.29, 1.82) is 0 Å². The molecule has 2 N–H and O–H groups in total. The normalized spacial score (nSPS) is 15.8. The van der Waals surface area contributed by atoms with E-state index < -0.39 is 17.7 Å². The molecule has 0 aliphatic heterocycles. The molecule has 1 atom stereocenters. The minimum absolute atomic E-state index is 0.0632. The fourth-order valence-corrected chi connectivity index (χ4v) is 2.66. The van der Waals surface area contributed by atoms with Crippen LogP contribution >= 0.6 is 15.9 Å². The zero-order valence-electron chi connectivity index (χ0n) is 11.2. The Morgan fingerprint density at radius 1 is 1.10 bits per heavy atom. The summed E-state index contributed by atoms with van der Waals surface area (Å²) in [7, 11) is 0. The molecule has 1 aliphatic rings. The second kappa shape index (κ2) is 5.73. The Hall–Kier alpha value is -1.46. The lowest BCUT2D eigenvalue weighted by Gasteiger charge is -2.15. The van der Waals surface area contributed by atoms with Crippen molar-refractivity contribution < 1.29 is 13.5 Å². The zero-order valence-corrected chi connectivity index (χ0v) is 12.7. The molecule has 0 amide bonds. The van der Waals surface area contributed by atoms with Crippen molar-refractivity contribution in [3.8, 4) is 5.75 Å². The molecule has 0 radical (unpaired) electrons. The fraction of sp³-hybridized carbons (Fsp3) is 0.250. The van der Waals surface area contributed by atoms with Crippen LogP contribution in [0.15, 0.2) is 40.9 Å². The van der Waals surface area contributed by atoms with Gasteiger partial charge in [-0.05, 0) is 58.1 Å². The molecule has 1 unspecified atom stereocenters. The first kappa shape index (κ1) is 14.5. The number of hydrogen-bond acceptors (Lipinski definition) is 2. The highest BCUT2D eigenvalue weighted by molar-refractivity contribution is 9.10. The first-order valence-electron chi connectivity index (χ1n) is 6.72. The van der Waals surface area contributed by atoms with Gasteiger partial charge in [-0.25, -0.2) is 8.78 Å². The van der Waals surface area contributed by atoms with Crippen LogP contribution in [0, 0.1) is 11.6 Å². The molecular weight excluding hydrogens is 340 g/mol. The van der Waals surface area contributed by atoms with Crippen molar-refractivity contribution >= 4 is 15.9 Å². The molecule has 1 aliphatic carbocycles. The summed E-state index contributed by atoms with van der Waals surface area (Å²) in [4.78, 5) is 0. The lowest BCUT2D eigenvalue weighted by molar-refractivity contribution is 0.303. The van der Waals surface area contributed by atoms with E-state index in [0.717, 1.165) is 30.2 Å². The maximum atomic E-state index is 13.6. The molecule has 0 bridgehead atoms. The van der Waals surface area contributed by atoms with Gasteiger partial charge in [0, 0.05) is 0 Å². The first-order valence-corrected chi connectivity index (χ1v) is 7.51. The smallest absolute Gasteiger partial charge is 0.173 e. The second-order valence-electron chi connectivity index (χ2n) is 5.13. The van der Waals surface area contributed by atoms with Gasteiger partial charge in [-0.2, -0.15) is 0 Å². The van der Waals surface area contributed by atoms with E-state index in [0.29, 0.717) is 11.7 Å². The predicted molar refractivity (Wildman–Crippen MR) is 80.2 cm³/mol. The van der Waals surface area contributed by atoms with Crippen LogP contribution in [-0.4, -0.2) is 6.10 Å². The first-order chi connectivity index (χ1) is 10.1. The van der Waals surface area contributed by atoms with Crippen molar-refractivity contribution in [3.63, 3.8) is 0 Å². The Morgan fingerprint density at radius 3 is 2.38 bits per heavy atom. The Labute approximate surface area is 130 Å². The summed E-state index contributed by atoms with van der Waals surface area (Å²) in [5, 5.41) is 0. The lowest BCUT2D eigenvalue weighted by Crippen LogP contribution is -2.13. The summed E-state index contributed by atoms with van der Waals surface area (Å²) in [5.41, 5.74) is 7.45. The van der Waals surface area contributed by atoms with E-state index in [1.807, 2.05) is 24.3 Å². The highest BCUT2D eigenvalue weighted by atomic mass is 79.9. The van der Waals surface area contributed by atoms with Crippen LogP contribution in [0.5, 0.6) is 5.75 Å². The maximum absolute atomic E-state index is 13.6. The molecule has 0 spiro atoms. The van der Waals surface area contributed by atoms with Crippen molar-refractivity contribution in [2.24, 2.45) is 5.73 Å². The van der Waals surface area contributed by atoms with Gasteiger partial charge >= 0.3 is 0 Å². The van der Waals surface area contributed by atoms with Crippen molar-refractivity contribution in [1.82, 2.24) is 0 Å². The molecule has 2 nitrogen and oxygen atoms in total. The zero-order chi connectivity index (χ0) is 15.0. The van der Waals surface area contributed by atoms with Gasteiger partial charge in [0.15, 0.2) is 11.6 Å². The molecular formula is C16H14BrF2NO. The number of rotatable bonds is 4. The Balaban J connectivity index is 1.84. The largest absolute Gasteiger partial charge is 0.490 e. The molecule has 0 saturated heterocycles. The summed E-state index contributed by atoms with van der Waals surface area (Å²) in [6.45, 7) is 0. The summed E-state index contributed by atoms with van der Waals surface area (Å²) < 4.78 is 32.5. The molecule has 0 aromatic heterocycles. The van der Waals surface area contributed by atoms with E-state index in [1.165, 1.54) is 6.07 Å². The van der Waals surface area contributed by atoms with Crippen LogP contribution in [0.25, 0.3) is 0 Å². The summed E-state index contributed by atoms with van der Waals surface area (Å²) in [6.07, 6.45) is 2.54. The van der Waals surface area contributed by atoms with Gasteiger partial charge in [-0.3, -0.25) is 0 Å². The third-order valence-corrected chi connectivity index (χ3v) is 4.27. The molecule has 1 fully saturated rings. The van der Waals surface area contributed by atoms with Crippen LogP contribution < -0.4 is 10.5 Å². The van der Waals surface area contributed by atoms with Gasteiger partial charge in [0.2, 0.25) is 0 Å². The predicted octanol–water partition coefficient (Wildman–Crippen LogP) is 4.32. The molecule has 2 aromatic carbocycles. The van der Waals surface area contributed by atoms with Crippen LogP contribution in [0.1, 0.15) is 30.0 Å². The van der Waals surface area contributed by atoms with E-state index in [-0.39, 0.29) is 4.47 Å². The number of ether oxygens (including phenoxy) is 1. The number of nitrogens with two attached hydrogens (primary N) is 1. The Morgan fingerprint density at radius 2 is 1.76 bits per heavy atom. The average molecular weight is 354 g/mol. The maximum Gasteiger partial charge on any atom is 0.173 e. The molecule has 5 heteroatoms. The van der Waals surface area contributed by atoms with Crippen molar-refractivity contribution in [2.45, 2.75) is 25.0 Å². The molecule has 21 heavy (non-hydrogen) atoms. The molecule has 3 rings (SSSR count). The number of hydrogen-bond donors (Lipinski definition) is 1. The molecule has 0 heterocycles.